The second-order valence-corrected chi connectivity index (χ2v) is 19.4. The van der Waals surface area contributed by atoms with Crippen LogP contribution in [0.5, 0.6) is 0 Å². The Kier molecular flexibility index (Phi) is 13.2. The van der Waals surface area contributed by atoms with Gasteiger partial charge in [0, 0.05) is 44.1 Å². The van der Waals surface area contributed by atoms with Crippen LogP contribution in [0.1, 0.15) is 105 Å². The van der Waals surface area contributed by atoms with E-state index in [-0.39, 0.29) is 48.4 Å². The normalized spacial score (nSPS) is 26.2. The fourth-order valence-corrected chi connectivity index (χ4v) is 10.4. The number of hydrogen-bond acceptors (Lipinski definition) is 7. The van der Waals surface area contributed by atoms with Crippen LogP contribution in [-0.4, -0.2) is 103 Å². The molecule has 1 unspecified atom stereocenters. The van der Waals surface area contributed by atoms with Crippen molar-refractivity contribution in [2.24, 2.45) is 29.1 Å². The summed E-state index contributed by atoms with van der Waals surface area (Å²) in [7, 11) is -3.42. The van der Waals surface area contributed by atoms with Crippen LogP contribution >= 0.6 is 0 Å². The molecule has 0 aromatic rings. The quantitative estimate of drug-likeness (QED) is 0.155. The molecule has 5 aliphatic rings. The van der Waals surface area contributed by atoms with Gasteiger partial charge in [-0.25, -0.2) is 13.2 Å². The van der Waals surface area contributed by atoms with Crippen molar-refractivity contribution >= 4 is 39.6 Å². The molecule has 3 aliphatic carbocycles. The van der Waals surface area contributed by atoms with Gasteiger partial charge in [0.2, 0.25) is 27.6 Å². The number of hydrogen-bond donors (Lipinski definition) is 4. The predicted octanol–water partition coefficient (Wildman–Crippen LogP) is 3.41. The Balaban J connectivity index is 1.37. The summed E-state index contributed by atoms with van der Waals surface area (Å²) in [6.45, 7) is 14.4. The lowest BCUT2D eigenvalue weighted by atomic mass is 9.80. The number of allylic oxidation sites excluding steroid dienone is 1. The molecule has 0 bridgehead atoms. The lowest BCUT2D eigenvalue weighted by Crippen LogP contribution is -2.61. The molecule has 0 spiro atoms. The standard InChI is InChI=1S/C39H62N6O7S/c1-7-18-40-36(48)34(46)28(21-25-14-13-15-25)41-35(47)33-31-27(30(31)24(2)3)22-45(33)37(49)32(26-16-9-8-10-17-26)43-38(50)42-29(39(4,5)6)23-44-19-11-12-20-53(44,51)52/h7,25-29,31-33H,1,8-23H2,2-6H3,(H,40,48)(H,41,47)(H2,42,43,50)/t27-,28?,29-,31-,32+,33+/m1/s1. The van der Waals surface area contributed by atoms with Gasteiger partial charge in [0.1, 0.15) is 12.1 Å². The van der Waals surface area contributed by atoms with Gasteiger partial charge in [-0.2, -0.15) is 4.31 Å². The number of carbonyl (C=O) groups is 5. The van der Waals surface area contributed by atoms with E-state index >= 15 is 0 Å². The van der Waals surface area contributed by atoms with E-state index in [4.69, 9.17) is 0 Å². The molecule has 5 amide bonds. The van der Waals surface area contributed by atoms with Gasteiger partial charge in [0.15, 0.2) is 0 Å². The average Bonchev–Trinajstić information content (AvgIpc) is 3.66. The fraction of sp³-hybridized carbons (Fsp3) is 0.769. The molecule has 53 heavy (non-hydrogen) atoms. The smallest absolute Gasteiger partial charge is 0.315 e. The molecular weight excluding hydrogens is 697 g/mol. The van der Waals surface area contributed by atoms with Crippen LogP contribution in [0.3, 0.4) is 0 Å². The number of ketones is 1. The zero-order chi connectivity index (χ0) is 38.7. The highest BCUT2D eigenvalue weighted by Crippen LogP contribution is 2.56. The number of urea groups is 1. The Morgan fingerprint density at radius 3 is 2.21 bits per heavy atom. The summed E-state index contributed by atoms with van der Waals surface area (Å²) in [5.41, 5.74) is 1.76. The minimum atomic E-state index is -3.42. The van der Waals surface area contributed by atoms with Gasteiger partial charge in [-0.05, 0) is 63.2 Å². The summed E-state index contributed by atoms with van der Waals surface area (Å²) in [4.78, 5) is 70.7. The monoisotopic (exact) mass is 758 g/mol. The summed E-state index contributed by atoms with van der Waals surface area (Å²) in [6.07, 6.45) is 10.5. The van der Waals surface area contributed by atoms with E-state index in [2.05, 4.69) is 27.8 Å². The molecule has 2 heterocycles. The highest BCUT2D eigenvalue weighted by atomic mass is 32.2. The Morgan fingerprint density at radius 1 is 0.925 bits per heavy atom. The van der Waals surface area contributed by atoms with Gasteiger partial charge in [-0.3, -0.25) is 19.2 Å². The molecule has 2 saturated heterocycles. The molecule has 5 fully saturated rings. The number of nitrogens with one attached hydrogen (secondary N) is 4. The van der Waals surface area contributed by atoms with Gasteiger partial charge in [-0.1, -0.05) is 76.5 Å². The summed E-state index contributed by atoms with van der Waals surface area (Å²) in [5, 5.41) is 11.5. The lowest BCUT2D eigenvalue weighted by molar-refractivity contribution is -0.144. The molecule has 0 aromatic heterocycles. The molecule has 2 aliphatic heterocycles. The highest BCUT2D eigenvalue weighted by molar-refractivity contribution is 7.89. The van der Waals surface area contributed by atoms with Crippen molar-refractivity contribution in [1.82, 2.24) is 30.5 Å². The number of fused-ring (bicyclic) bond motifs is 1. The van der Waals surface area contributed by atoms with E-state index < -0.39 is 63.2 Å². The van der Waals surface area contributed by atoms with Gasteiger partial charge in [0.05, 0.1) is 11.8 Å². The number of likely N-dealkylation sites (tertiary alicyclic amines) is 1. The van der Waals surface area contributed by atoms with Crippen molar-refractivity contribution in [3.8, 4) is 0 Å². The zero-order valence-corrected chi connectivity index (χ0v) is 33.2. The molecule has 13 nitrogen and oxygen atoms in total. The van der Waals surface area contributed by atoms with Gasteiger partial charge in [0.25, 0.3) is 5.91 Å². The summed E-state index contributed by atoms with van der Waals surface area (Å²) in [6, 6.07) is -3.86. The number of carbonyl (C=O) groups excluding carboxylic acids is 5. The lowest BCUT2D eigenvalue weighted by Gasteiger charge is -2.38. The van der Waals surface area contributed by atoms with Crippen LogP contribution in [0.15, 0.2) is 23.8 Å². The number of nitrogens with zero attached hydrogens (tertiary/aromatic N) is 2. The van der Waals surface area contributed by atoms with E-state index in [1.807, 2.05) is 34.6 Å². The third-order valence-electron chi connectivity index (χ3n) is 12.2. The maximum absolute atomic E-state index is 14.8. The summed E-state index contributed by atoms with van der Waals surface area (Å²) in [5.74, 6) is -2.28. The predicted molar refractivity (Wildman–Crippen MR) is 203 cm³/mol. The first kappa shape index (κ1) is 40.9. The molecule has 6 atom stereocenters. The SMILES string of the molecule is C=CCNC(=O)C(=O)C(CC1CCC1)NC(=O)[C@@H]1[C@H]2C(=C(C)C)[C@H]2CN1C(=O)[C@@H](NC(=O)N[C@H](CN1CCCCS1(=O)=O)C(C)(C)C)C1CCCCC1. The number of amides is 5. The van der Waals surface area contributed by atoms with Crippen molar-refractivity contribution in [3.63, 3.8) is 0 Å². The Hall–Kier alpha value is -3.26. The number of rotatable bonds is 14. The molecule has 0 radical (unpaired) electrons. The molecule has 0 aromatic carbocycles. The van der Waals surface area contributed by atoms with Crippen LogP contribution in [0.25, 0.3) is 0 Å². The Morgan fingerprint density at radius 2 is 1.62 bits per heavy atom. The number of sulfonamides is 1. The van der Waals surface area contributed by atoms with Crippen LogP contribution in [-0.2, 0) is 29.2 Å². The van der Waals surface area contributed by atoms with E-state index in [1.54, 1.807) is 4.90 Å². The zero-order valence-electron chi connectivity index (χ0n) is 32.4. The Labute approximate surface area is 315 Å². The van der Waals surface area contributed by atoms with Gasteiger partial charge >= 0.3 is 6.03 Å². The van der Waals surface area contributed by atoms with Gasteiger partial charge in [-0.15, -0.1) is 6.58 Å². The number of piperidine rings is 1. The maximum atomic E-state index is 14.8. The first-order valence-corrected chi connectivity index (χ1v) is 21.4. The molecule has 4 N–H and O–H groups in total. The average molecular weight is 759 g/mol. The van der Waals surface area contributed by atoms with Crippen LogP contribution < -0.4 is 21.3 Å². The molecule has 3 saturated carbocycles. The highest BCUT2D eigenvalue weighted by Gasteiger charge is 2.62. The van der Waals surface area contributed by atoms with Gasteiger partial charge < -0.3 is 26.2 Å². The van der Waals surface area contributed by atoms with Crippen molar-refractivity contribution in [2.45, 2.75) is 129 Å². The van der Waals surface area contributed by atoms with Crippen molar-refractivity contribution in [1.29, 1.82) is 0 Å². The van der Waals surface area contributed by atoms with Crippen molar-refractivity contribution in [3.05, 3.63) is 23.8 Å². The van der Waals surface area contributed by atoms with Crippen molar-refractivity contribution < 1.29 is 32.4 Å². The van der Waals surface area contributed by atoms with E-state index in [1.165, 1.54) is 10.4 Å². The van der Waals surface area contributed by atoms with Crippen LogP contribution in [0.4, 0.5) is 4.79 Å². The second-order valence-electron chi connectivity index (χ2n) is 17.3. The molecule has 14 heteroatoms. The minimum Gasteiger partial charge on any atom is -0.346 e. The largest absolute Gasteiger partial charge is 0.346 e. The van der Waals surface area contributed by atoms with Crippen molar-refractivity contribution in [2.75, 3.05) is 31.9 Å². The van der Waals surface area contributed by atoms with Crippen LogP contribution in [0.2, 0.25) is 0 Å². The summed E-state index contributed by atoms with van der Waals surface area (Å²) < 4.78 is 27.2. The second kappa shape index (κ2) is 17.0. The minimum absolute atomic E-state index is 0.00830. The first-order valence-electron chi connectivity index (χ1n) is 19.8. The number of Topliss-reactive ketones (excluding diaryl/α,β-unsaturated/α-hetero) is 1. The third-order valence-corrected chi connectivity index (χ3v) is 14.1. The molecule has 5 rings (SSSR count). The first-order chi connectivity index (χ1) is 25.0. The van der Waals surface area contributed by atoms with E-state index in [0.717, 1.165) is 68.9 Å². The third kappa shape index (κ3) is 9.71. The Bertz CT molecular complexity index is 1560. The van der Waals surface area contributed by atoms with E-state index in [0.29, 0.717) is 25.9 Å². The molecule has 296 valence electrons. The van der Waals surface area contributed by atoms with E-state index in [9.17, 15) is 32.4 Å². The topological polar surface area (TPSA) is 174 Å². The van der Waals surface area contributed by atoms with Crippen LogP contribution in [0, 0.1) is 29.1 Å². The maximum Gasteiger partial charge on any atom is 0.315 e. The summed E-state index contributed by atoms with van der Waals surface area (Å²) >= 11 is 0. The fourth-order valence-electron chi connectivity index (χ4n) is 8.81. The molecular formula is C39H62N6O7S.